The molecule has 0 aliphatic heterocycles. The molecule has 2 atom stereocenters. The van der Waals surface area contributed by atoms with Crippen LogP contribution in [0.2, 0.25) is 13.1 Å². The molecule has 2 aliphatic carbocycles. The second-order valence-electron chi connectivity index (χ2n) is 14.6. The molecule has 0 heterocycles. The highest BCUT2D eigenvalue weighted by atomic mass is 28.4. The fourth-order valence-corrected chi connectivity index (χ4v) is 10.5. The molecule has 0 amide bonds. The van der Waals surface area contributed by atoms with Crippen molar-refractivity contribution in [2.24, 2.45) is 0 Å². The number of hydrogen-bond acceptors (Lipinski definition) is 2. The minimum absolute atomic E-state index is 0.155. The predicted molar refractivity (Wildman–Crippen MR) is 188 cm³/mol. The molecule has 3 aromatic carbocycles. The van der Waals surface area contributed by atoms with Crippen molar-refractivity contribution in [2.75, 3.05) is 0 Å². The molecule has 3 aromatic rings. The van der Waals surface area contributed by atoms with E-state index in [-0.39, 0.29) is 5.41 Å². The fourth-order valence-electron chi connectivity index (χ4n) is 7.49. The molecule has 1 saturated carbocycles. The Kier molecular flexibility index (Phi) is 10.0. The molecule has 0 radical (unpaired) electrons. The zero-order chi connectivity index (χ0) is 30.6. The van der Waals surface area contributed by atoms with E-state index in [0.29, 0.717) is 17.6 Å². The standard InChI is InChI=1S/C40H55NOSi/c1-8-10-22-37(41-32-17-12-11-13-18-32)35-19-14-15-23-38(35)42-43(6,7)39-29(9-2)28-36-33(20-16-21-34(36)39)30-24-26-31(27-25-30)40(3,4)5/h14-16,19-21,23-28,32,37,39,41H,8-13,17-18,22H2,1-7H3. The first kappa shape index (κ1) is 31.8. The number of para-hydroxylation sites is 1. The molecule has 2 aliphatic rings. The van der Waals surface area contributed by atoms with Gasteiger partial charge in [0.05, 0.1) is 0 Å². The van der Waals surface area contributed by atoms with Crippen LogP contribution < -0.4 is 9.74 Å². The van der Waals surface area contributed by atoms with E-state index in [9.17, 15) is 0 Å². The summed E-state index contributed by atoms with van der Waals surface area (Å²) in [6.07, 6.45) is 13.9. The smallest absolute Gasteiger partial charge is 0.256 e. The molecule has 230 valence electrons. The Balaban J connectivity index is 1.46. The first-order chi connectivity index (χ1) is 20.6. The van der Waals surface area contributed by atoms with Gasteiger partial charge in [-0.3, -0.25) is 0 Å². The van der Waals surface area contributed by atoms with Crippen LogP contribution in [0.5, 0.6) is 5.75 Å². The maximum absolute atomic E-state index is 7.31. The van der Waals surface area contributed by atoms with E-state index in [2.05, 4.69) is 126 Å². The Morgan fingerprint density at radius 2 is 1.60 bits per heavy atom. The number of rotatable bonds is 11. The van der Waals surface area contributed by atoms with Crippen molar-refractivity contribution in [1.82, 2.24) is 5.32 Å². The van der Waals surface area contributed by atoms with Crippen LogP contribution >= 0.6 is 0 Å². The van der Waals surface area contributed by atoms with Crippen LogP contribution in [0.3, 0.4) is 0 Å². The molecular weight excluding hydrogens is 539 g/mol. The summed E-state index contributed by atoms with van der Waals surface area (Å²) in [5.74, 6) is 1.10. The summed E-state index contributed by atoms with van der Waals surface area (Å²) in [5.41, 5.74) is 10.2. The Morgan fingerprint density at radius 1 is 0.884 bits per heavy atom. The van der Waals surface area contributed by atoms with E-state index < -0.39 is 8.32 Å². The maximum atomic E-state index is 7.31. The lowest BCUT2D eigenvalue weighted by Gasteiger charge is -2.35. The van der Waals surface area contributed by atoms with Crippen LogP contribution in [-0.2, 0) is 5.41 Å². The first-order valence-electron chi connectivity index (χ1n) is 17.1. The van der Waals surface area contributed by atoms with Gasteiger partial charge in [-0.25, -0.2) is 0 Å². The second kappa shape index (κ2) is 13.6. The van der Waals surface area contributed by atoms with Crippen LogP contribution in [0, 0.1) is 0 Å². The summed E-state index contributed by atoms with van der Waals surface area (Å²) in [6.45, 7) is 16.3. The maximum Gasteiger partial charge on any atom is 0.256 e. The second-order valence-corrected chi connectivity index (χ2v) is 18.6. The topological polar surface area (TPSA) is 21.3 Å². The van der Waals surface area contributed by atoms with Gasteiger partial charge in [0.15, 0.2) is 0 Å². The van der Waals surface area contributed by atoms with Crippen LogP contribution in [0.4, 0.5) is 0 Å². The Bertz CT molecular complexity index is 1390. The van der Waals surface area contributed by atoms with Crippen molar-refractivity contribution >= 4 is 14.4 Å². The summed E-state index contributed by atoms with van der Waals surface area (Å²) >= 11 is 0. The van der Waals surface area contributed by atoms with Crippen molar-refractivity contribution in [3.05, 3.63) is 94.6 Å². The third kappa shape index (κ3) is 7.21. The van der Waals surface area contributed by atoms with Gasteiger partial charge in [0.1, 0.15) is 5.75 Å². The highest BCUT2D eigenvalue weighted by Crippen LogP contribution is 2.48. The molecule has 0 saturated heterocycles. The van der Waals surface area contributed by atoms with E-state index in [4.69, 9.17) is 4.43 Å². The zero-order valence-corrected chi connectivity index (χ0v) is 28.9. The SMILES string of the molecule is CCCCC(NC1CCCCC1)c1ccccc1O[Si](C)(C)C1C(CC)=Cc2c(-c3ccc(C(C)(C)C)cc3)cccc21. The minimum atomic E-state index is -2.26. The van der Waals surface area contributed by atoms with Gasteiger partial charge in [0.25, 0.3) is 8.32 Å². The fraction of sp³-hybridized carbons (Fsp3) is 0.500. The third-order valence-electron chi connectivity index (χ3n) is 9.87. The Hall–Kier alpha value is -2.62. The molecule has 2 nitrogen and oxygen atoms in total. The molecule has 0 aromatic heterocycles. The van der Waals surface area contributed by atoms with E-state index in [1.807, 2.05) is 0 Å². The average Bonchev–Trinajstić information content (AvgIpc) is 3.40. The largest absolute Gasteiger partial charge is 0.543 e. The molecular formula is C40H55NOSi. The lowest BCUT2D eigenvalue weighted by atomic mass is 9.86. The van der Waals surface area contributed by atoms with Crippen molar-refractivity contribution in [2.45, 2.75) is 129 Å². The van der Waals surface area contributed by atoms with Gasteiger partial charge in [-0.2, -0.15) is 0 Å². The third-order valence-corrected chi connectivity index (χ3v) is 12.7. The lowest BCUT2D eigenvalue weighted by Crippen LogP contribution is -2.43. The zero-order valence-electron chi connectivity index (χ0n) is 27.9. The summed E-state index contributed by atoms with van der Waals surface area (Å²) in [4.78, 5) is 0. The molecule has 1 N–H and O–H groups in total. The normalized spacial score (nSPS) is 18.3. The summed E-state index contributed by atoms with van der Waals surface area (Å²) in [6, 6.07) is 26.1. The minimum Gasteiger partial charge on any atom is -0.543 e. The number of benzene rings is 3. The summed E-state index contributed by atoms with van der Waals surface area (Å²) in [5, 5.41) is 4.10. The monoisotopic (exact) mass is 593 g/mol. The number of fused-ring (bicyclic) bond motifs is 1. The van der Waals surface area contributed by atoms with Crippen LogP contribution in [0.1, 0.15) is 126 Å². The van der Waals surface area contributed by atoms with Crippen LogP contribution in [0.15, 0.2) is 72.3 Å². The van der Waals surface area contributed by atoms with Gasteiger partial charge in [-0.05, 0) is 78.1 Å². The van der Waals surface area contributed by atoms with E-state index >= 15 is 0 Å². The van der Waals surface area contributed by atoms with Crippen molar-refractivity contribution < 1.29 is 4.43 Å². The van der Waals surface area contributed by atoms with Gasteiger partial charge < -0.3 is 9.74 Å². The summed E-state index contributed by atoms with van der Waals surface area (Å²) in [7, 11) is -2.26. The highest BCUT2D eigenvalue weighted by Gasteiger charge is 2.43. The quantitative estimate of drug-likeness (QED) is 0.223. The van der Waals surface area contributed by atoms with E-state index in [1.54, 1.807) is 0 Å². The first-order valence-corrected chi connectivity index (χ1v) is 20.1. The molecule has 43 heavy (non-hydrogen) atoms. The highest BCUT2D eigenvalue weighted by molar-refractivity contribution is 6.74. The number of nitrogens with one attached hydrogen (secondary N) is 1. The lowest BCUT2D eigenvalue weighted by molar-refractivity contribution is 0.324. The van der Waals surface area contributed by atoms with Crippen molar-refractivity contribution in [1.29, 1.82) is 0 Å². The van der Waals surface area contributed by atoms with Gasteiger partial charge in [0.2, 0.25) is 0 Å². The number of hydrogen-bond donors (Lipinski definition) is 1. The van der Waals surface area contributed by atoms with Gasteiger partial charge in [-0.15, -0.1) is 0 Å². The number of allylic oxidation sites excluding steroid dienone is 1. The van der Waals surface area contributed by atoms with Crippen LogP contribution in [-0.4, -0.2) is 14.4 Å². The Labute approximate surface area is 263 Å². The molecule has 0 spiro atoms. The molecule has 3 heteroatoms. The van der Waals surface area contributed by atoms with Gasteiger partial charge in [0, 0.05) is 23.2 Å². The van der Waals surface area contributed by atoms with E-state index in [0.717, 1.165) is 12.2 Å². The van der Waals surface area contributed by atoms with Gasteiger partial charge >= 0.3 is 0 Å². The van der Waals surface area contributed by atoms with E-state index in [1.165, 1.54) is 90.3 Å². The van der Waals surface area contributed by atoms with Crippen molar-refractivity contribution in [3.63, 3.8) is 0 Å². The molecule has 0 bridgehead atoms. The van der Waals surface area contributed by atoms with Crippen LogP contribution in [0.25, 0.3) is 17.2 Å². The van der Waals surface area contributed by atoms with Crippen molar-refractivity contribution in [3.8, 4) is 16.9 Å². The Morgan fingerprint density at radius 3 is 2.28 bits per heavy atom. The summed E-state index contributed by atoms with van der Waals surface area (Å²) < 4.78 is 7.31. The number of unbranched alkanes of at least 4 members (excludes halogenated alkanes) is 1. The van der Waals surface area contributed by atoms with Gasteiger partial charge in [-0.1, -0.05) is 139 Å². The molecule has 5 rings (SSSR count). The molecule has 2 unspecified atom stereocenters. The predicted octanol–water partition coefficient (Wildman–Crippen LogP) is 11.5. The average molecular weight is 594 g/mol. The molecule has 1 fully saturated rings.